The van der Waals surface area contributed by atoms with E-state index in [2.05, 4.69) is 12.2 Å². The molecule has 0 bridgehead atoms. The van der Waals surface area contributed by atoms with Crippen molar-refractivity contribution in [2.75, 3.05) is 26.5 Å². The molecule has 0 spiro atoms. The van der Waals surface area contributed by atoms with E-state index in [-0.39, 0.29) is 5.91 Å². The molecule has 0 aliphatic heterocycles. The van der Waals surface area contributed by atoms with Gasteiger partial charge in [0.05, 0.1) is 19.8 Å². The molecule has 1 aliphatic rings. The zero-order valence-electron chi connectivity index (χ0n) is 11.5. The summed E-state index contributed by atoms with van der Waals surface area (Å²) in [6.07, 6.45) is 1.18. The van der Waals surface area contributed by atoms with Gasteiger partial charge >= 0.3 is 0 Å². The van der Waals surface area contributed by atoms with Crippen molar-refractivity contribution in [1.82, 2.24) is 5.32 Å². The fourth-order valence-electron chi connectivity index (χ4n) is 2.09. The Morgan fingerprint density at radius 3 is 2.47 bits per heavy atom. The summed E-state index contributed by atoms with van der Waals surface area (Å²) in [6, 6.07) is 3.22. The first-order valence-corrected chi connectivity index (χ1v) is 6.36. The summed E-state index contributed by atoms with van der Waals surface area (Å²) < 4.78 is 10.3. The number of amides is 1. The Morgan fingerprint density at radius 1 is 1.37 bits per heavy atom. The molecule has 0 aromatic heterocycles. The van der Waals surface area contributed by atoms with Gasteiger partial charge < -0.3 is 20.5 Å². The van der Waals surface area contributed by atoms with Gasteiger partial charge in [-0.15, -0.1) is 0 Å². The number of methoxy groups -OCH3 is 2. The van der Waals surface area contributed by atoms with Crippen molar-refractivity contribution in [2.24, 2.45) is 11.8 Å². The van der Waals surface area contributed by atoms with E-state index in [1.54, 1.807) is 12.1 Å². The number of carbonyl (C=O) groups excluding carboxylic acids is 1. The lowest BCUT2D eigenvalue weighted by atomic mass is 10.1. The topological polar surface area (TPSA) is 73.6 Å². The lowest BCUT2D eigenvalue weighted by Crippen LogP contribution is -2.26. The molecule has 0 heterocycles. The molecule has 3 N–H and O–H groups in total. The van der Waals surface area contributed by atoms with Gasteiger partial charge in [-0.3, -0.25) is 4.79 Å². The molecule has 1 amide bonds. The third kappa shape index (κ3) is 2.92. The minimum Gasteiger partial charge on any atom is -0.493 e. The average Bonchev–Trinajstić information content (AvgIpc) is 3.11. The maximum atomic E-state index is 12.1. The summed E-state index contributed by atoms with van der Waals surface area (Å²) in [7, 11) is 3.06. The van der Waals surface area contributed by atoms with Crippen LogP contribution in [0.15, 0.2) is 12.1 Å². The van der Waals surface area contributed by atoms with Crippen LogP contribution in [0.25, 0.3) is 0 Å². The van der Waals surface area contributed by atoms with Crippen molar-refractivity contribution >= 4 is 11.6 Å². The Labute approximate surface area is 113 Å². The third-order valence-electron chi connectivity index (χ3n) is 3.60. The highest BCUT2D eigenvalue weighted by Crippen LogP contribution is 2.37. The Hall–Kier alpha value is -1.91. The number of rotatable bonds is 5. The van der Waals surface area contributed by atoms with Gasteiger partial charge in [0, 0.05) is 18.3 Å². The molecule has 1 fully saturated rings. The van der Waals surface area contributed by atoms with Gasteiger partial charge in [-0.25, -0.2) is 0 Å². The molecule has 5 heteroatoms. The highest BCUT2D eigenvalue weighted by molar-refractivity contribution is 6.00. The lowest BCUT2D eigenvalue weighted by Gasteiger charge is -2.12. The van der Waals surface area contributed by atoms with E-state index in [4.69, 9.17) is 15.2 Å². The fourth-order valence-corrected chi connectivity index (χ4v) is 2.09. The van der Waals surface area contributed by atoms with Crippen molar-refractivity contribution in [3.8, 4) is 11.5 Å². The maximum absolute atomic E-state index is 12.1. The number of ether oxygens (including phenoxy) is 2. The zero-order valence-corrected chi connectivity index (χ0v) is 11.5. The monoisotopic (exact) mass is 264 g/mol. The summed E-state index contributed by atoms with van der Waals surface area (Å²) in [5.74, 6) is 2.17. The minimum atomic E-state index is -0.169. The van der Waals surface area contributed by atoms with Crippen LogP contribution in [0, 0.1) is 11.8 Å². The second kappa shape index (κ2) is 5.38. The minimum absolute atomic E-state index is 0.169. The van der Waals surface area contributed by atoms with Gasteiger partial charge in [-0.2, -0.15) is 0 Å². The number of nitrogens with one attached hydrogen (secondary N) is 1. The van der Waals surface area contributed by atoms with E-state index >= 15 is 0 Å². The zero-order chi connectivity index (χ0) is 14.0. The molecular formula is C14H20N2O3. The van der Waals surface area contributed by atoms with Gasteiger partial charge in [0.15, 0.2) is 11.5 Å². The Balaban J connectivity index is 2.11. The quantitative estimate of drug-likeness (QED) is 0.793. The smallest absolute Gasteiger partial charge is 0.253 e. The van der Waals surface area contributed by atoms with Crippen LogP contribution in [-0.4, -0.2) is 26.7 Å². The van der Waals surface area contributed by atoms with E-state index in [9.17, 15) is 4.79 Å². The number of anilines is 1. The van der Waals surface area contributed by atoms with Gasteiger partial charge in [-0.05, 0) is 24.3 Å². The molecule has 1 saturated carbocycles. The first-order chi connectivity index (χ1) is 9.06. The number of nitrogens with two attached hydrogens (primary N) is 1. The number of hydrogen-bond donors (Lipinski definition) is 2. The summed E-state index contributed by atoms with van der Waals surface area (Å²) in [6.45, 7) is 2.88. The first kappa shape index (κ1) is 13.5. The second-order valence-corrected chi connectivity index (χ2v) is 4.98. The van der Waals surface area contributed by atoms with Crippen LogP contribution in [-0.2, 0) is 0 Å². The van der Waals surface area contributed by atoms with E-state index in [0.717, 1.165) is 0 Å². The van der Waals surface area contributed by atoms with Crippen molar-refractivity contribution in [2.45, 2.75) is 13.3 Å². The van der Waals surface area contributed by atoms with Gasteiger partial charge in [0.25, 0.3) is 5.91 Å². The fraction of sp³-hybridized carbons (Fsp3) is 0.500. The van der Waals surface area contributed by atoms with Crippen molar-refractivity contribution in [3.63, 3.8) is 0 Å². The molecule has 104 valence electrons. The average molecular weight is 264 g/mol. The molecule has 2 rings (SSSR count). The molecular weight excluding hydrogens is 244 g/mol. The number of benzene rings is 1. The Bertz CT molecular complexity index is 488. The predicted molar refractivity (Wildman–Crippen MR) is 73.6 cm³/mol. The van der Waals surface area contributed by atoms with Crippen molar-refractivity contribution in [3.05, 3.63) is 17.7 Å². The first-order valence-electron chi connectivity index (χ1n) is 6.36. The normalized spacial score (nSPS) is 20.8. The Kier molecular flexibility index (Phi) is 3.83. The number of hydrogen-bond acceptors (Lipinski definition) is 4. The van der Waals surface area contributed by atoms with Crippen LogP contribution in [0.1, 0.15) is 23.7 Å². The lowest BCUT2D eigenvalue weighted by molar-refractivity contribution is 0.0952. The van der Waals surface area contributed by atoms with Crippen LogP contribution in [0.3, 0.4) is 0 Å². The number of carbonyl (C=O) groups is 1. The molecule has 19 heavy (non-hydrogen) atoms. The summed E-state index contributed by atoms with van der Waals surface area (Å²) in [5, 5.41) is 2.91. The standard InChI is InChI=1S/C14H20N2O3/c1-8-4-9(8)7-16-14(17)10-5-12(18-2)13(19-3)6-11(10)15/h5-6,8-9H,4,7,15H2,1-3H3,(H,16,17). The van der Waals surface area contributed by atoms with Gasteiger partial charge in [0.2, 0.25) is 0 Å². The van der Waals surface area contributed by atoms with Crippen molar-refractivity contribution in [1.29, 1.82) is 0 Å². The Morgan fingerprint density at radius 2 is 1.95 bits per heavy atom. The molecule has 0 saturated heterocycles. The molecule has 2 atom stereocenters. The van der Waals surface area contributed by atoms with Crippen LogP contribution in [0.5, 0.6) is 11.5 Å². The largest absolute Gasteiger partial charge is 0.493 e. The van der Waals surface area contributed by atoms with Crippen LogP contribution >= 0.6 is 0 Å². The highest BCUT2D eigenvalue weighted by Gasteiger charge is 2.32. The second-order valence-electron chi connectivity index (χ2n) is 4.98. The predicted octanol–water partition coefficient (Wildman–Crippen LogP) is 1.67. The molecule has 5 nitrogen and oxygen atoms in total. The maximum Gasteiger partial charge on any atom is 0.253 e. The van der Waals surface area contributed by atoms with E-state index < -0.39 is 0 Å². The number of nitrogen functional groups attached to an aromatic ring is 1. The van der Waals surface area contributed by atoms with Gasteiger partial charge in [-0.1, -0.05) is 6.92 Å². The molecule has 1 aliphatic carbocycles. The molecule has 1 aromatic rings. The van der Waals surface area contributed by atoms with Crippen LogP contribution < -0.4 is 20.5 Å². The van der Waals surface area contributed by atoms with E-state index in [1.807, 2.05) is 0 Å². The summed E-state index contributed by atoms with van der Waals surface area (Å²) in [5.41, 5.74) is 6.68. The molecule has 1 aromatic carbocycles. The van der Waals surface area contributed by atoms with E-state index in [1.165, 1.54) is 20.6 Å². The molecule has 0 radical (unpaired) electrons. The van der Waals surface area contributed by atoms with Crippen LogP contribution in [0.2, 0.25) is 0 Å². The van der Waals surface area contributed by atoms with E-state index in [0.29, 0.717) is 41.1 Å². The summed E-state index contributed by atoms with van der Waals surface area (Å²) >= 11 is 0. The van der Waals surface area contributed by atoms with Crippen LogP contribution in [0.4, 0.5) is 5.69 Å². The van der Waals surface area contributed by atoms with Crippen molar-refractivity contribution < 1.29 is 14.3 Å². The third-order valence-corrected chi connectivity index (χ3v) is 3.60. The highest BCUT2D eigenvalue weighted by atomic mass is 16.5. The molecule has 2 unspecified atom stereocenters. The summed E-state index contributed by atoms with van der Waals surface area (Å²) in [4.78, 5) is 12.1. The SMILES string of the molecule is COc1cc(N)c(C(=O)NCC2CC2C)cc1OC. The van der Waals surface area contributed by atoms with Gasteiger partial charge in [0.1, 0.15) is 0 Å².